The van der Waals surface area contributed by atoms with Crippen LogP contribution in [0.3, 0.4) is 0 Å². The van der Waals surface area contributed by atoms with Crippen LogP contribution in [0.15, 0.2) is 42.5 Å². The highest BCUT2D eigenvalue weighted by Crippen LogP contribution is 2.31. The first-order valence-electron chi connectivity index (χ1n) is 6.32. The number of H-pyrrole nitrogens is 1. The van der Waals surface area contributed by atoms with Crippen molar-refractivity contribution < 1.29 is 18.7 Å². The minimum Gasteiger partial charge on any atom is -0.481 e. The molecule has 1 aromatic heterocycles. The number of nitrogens with one attached hydrogen (secondary N) is 1. The Morgan fingerprint density at radius 1 is 1.05 bits per heavy atom. The molecular formula is C16H11F2NO2. The average molecular weight is 287 g/mol. The minimum atomic E-state index is -1.01. The fourth-order valence-electron chi connectivity index (χ4n) is 2.42. The maximum Gasteiger partial charge on any atom is 0.307 e. The molecule has 3 rings (SSSR count). The molecule has 1 heterocycles. The second-order valence-corrected chi connectivity index (χ2v) is 4.75. The molecular weight excluding hydrogens is 276 g/mol. The van der Waals surface area contributed by atoms with Crippen LogP contribution in [0, 0.1) is 11.6 Å². The van der Waals surface area contributed by atoms with Gasteiger partial charge in [0, 0.05) is 10.9 Å². The van der Waals surface area contributed by atoms with Crippen LogP contribution in [0.5, 0.6) is 0 Å². The van der Waals surface area contributed by atoms with E-state index in [4.69, 9.17) is 5.11 Å². The van der Waals surface area contributed by atoms with Crippen LogP contribution in [0.2, 0.25) is 0 Å². The van der Waals surface area contributed by atoms with Crippen LogP contribution in [0.4, 0.5) is 8.78 Å². The van der Waals surface area contributed by atoms with Crippen molar-refractivity contribution >= 4 is 16.9 Å². The summed E-state index contributed by atoms with van der Waals surface area (Å²) in [4.78, 5) is 14.1. The molecule has 0 spiro atoms. The highest BCUT2D eigenvalue weighted by Gasteiger charge is 2.16. The van der Waals surface area contributed by atoms with E-state index in [-0.39, 0.29) is 12.2 Å². The van der Waals surface area contributed by atoms with Crippen molar-refractivity contribution in [2.45, 2.75) is 6.42 Å². The van der Waals surface area contributed by atoms with E-state index in [1.54, 1.807) is 18.2 Å². The van der Waals surface area contributed by atoms with E-state index in [2.05, 4.69) is 4.98 Å². The number of aromatic amines is 1. The van der Waals surface area contributed by atoms with E-state index in [9.17, 15) is 13.6 Å². The Kier molecular flexibility index (Phi) is 3.17. The van der Waals surface area contributed by atoms with E-state index >= 15 is 0 Å². The van der Waals surface area contributed by atoms with Crippen LogP contribution in [-0.2, 0) is 11.2 Å². The number of carboxylic acids is 1. The van der Waals surface area contributed by atoms with Gasteiger partial charge in [-0.1, -0.05) is 0 Å². The van der Waals surface area contributed by atoms with Gasteiger partial charge in [-0.05, 0) is 53.6 Å². The zero-order valence-electron chi connectivity index (χ0n) is 10.9. The van der Waals surface area contributed by atoms with Gasteiger partial charge in [0.2, 0.25) is 0 Å². The summed E-state index contributed by atoms with van der Waals surface area (Å²) in [5, 5.41) is 9.59. The van der Waals surface area contributed by atoms with Gasteiger partial charge >= 0.3 is 5.97 Å². The van der Waals surface area contributed by atoms with Crippen molar-refractivity contribution in [3.05, 3.63) is 59.7 Å². The lowest BCUT2D eigenvalue weighted by molar-refractivity contribution is -0.136. The summed E-state index contributed by atoms with van der Waals surface area (Å²) < 4.78 is 26.4. The fourth-order valence-corrected chi connectivity index (χ4v) is 2.42. The first kappa shape index (κ1) is 13.3. The van der Waals surface area contributed by atoms with Crippen LogP contribution < -0.4 is 0 Å². The lowest BCUT2D eigenvalue weighted by Gasteiger charge is -2.03. The van der Waals surface area contributed by atoms with Crippen molar-refractivity contribution in [2.75, 3.05) is 0 Å². The molecule has 2 aromatic carbocycles. The van der Waals surface area contributed by atoms with E-state index < -0.39 is 11.8 Å². The summed E-state index contributed by atoms with van der Waals surface area (Å²) in [5.74, 6) is -1.82. The topological polar surface area (TPSA) is 53.1 Å². The molecule has 0 amide bonds. The SMILES string of the molecule is O=C(O)Cc1c(-c2ccc(F)cc2)[nH]c2ccc(F)cc12. The predicted molar refractivity (Wildman–Crippen MR) is 75.0 cm³/mol. The highest BCUT2D eigenvalue weighted by atomic mass is 19.1. The summed E-state index contributed by atoms with van der Waals surface area (Å²) in [6.45, 7) is 0. The molecule has 0 unspecified atom stereocenters. The third-order valence-electron chi connectivity index (χ3n) is 3.33. The summed E-state index contributed by atoms with van der Waals surface area (Å²) in [5.41, 5.74) is 2.36. The molecule has 2 N–H and O–H groups in total. The van der Waals surface area contributed by atoms with Gasteiger partial charge in [-0.2, -0.15) is 0 Å². The molecule has 0 aliphatic rings. The molecule has 0 aliphatic heterocycles. The second kappa shape index (κ2) is 5.01. The molecule has 0 atom stereocenters. The number of carbonyl (C=O) groups is 1. The minimum absolute atomic E-state index is 0.240. The maximum absolute atomic E-state index is 13.4. The average Bonchev–Trinajstić information content (AvgIpc) is 2.77. The van der Waals surface area contributed by atoms with Gasteiger partial charge in [0.1, 0.15) is 11.6 Å². The van der Waals surface area contributed by atoms with Crippen molar-refractivity contribution in [3.8, 4) is 11.3 Å². The number of hydrogen-bond acceptors (Lipinski definition) is 1. The number of rotatable bonds is 3. The molecule has 0 saturated carbocycles. The Balaban J connectivity index is 2.25. The summed E-state index contributed by atoms with van der Waals surface area (Å²) in [7, 11) is 0. The third kappa shape index (κ3) is 2.50. The van der Waals surface area contributed by atoms with Crippen molar-refractivity contribution in [1.82, 2.24) is 4.98 Å². The Labute approximate surface area is 118 Å². The number of fused-ring (bicyclic) bond motifs is 1. The summed E-state index contributed by atoms with van der Waals surface area (Å²) in [6.07, 6.45) is -0.240. The molecule has 106 valence electrons. The fraction of sp³-hybridized carbons (Fsp3) is 0.0625. The molecule has 3 aromatic rings. The molecule has 0 aliphatic carbocycles. The summed E-state index contributed by atoms with van der Waals surface area (Å²) >= 11 is 0. The van der Waals surface area contributed by atoms with Crippen molar-refractivity contribution in [2.24, 2.45) is 0 Å². The number of halogens is 2. The van der Waals surface area contributed by atoms with Gasteiger partial charge in [-0.15, -0.1) is 0 Å². The van der Waals surface area contributed by atoms with E-state index in [1.165, 1.54) is 24.3 Å². The number of aromatic nitrogens is 1. The second-order valence-electron chi connectivity index (χ2n) is 4.75. The van der Waals surface area contributed by atoms with Gasteiger partial charge in [-0.3, -0.25) is 4.79 Å². The van der Waals surface area contributed by atoms with Gasteiger partial charge in [0.05, 0.1) is 12.1 Å². The van der Waals surface area contributed by atoms with E-state index in [1.807, 2.05) is 0 Å². The van der Waals surface area contributed by atoms with Gasteiger partial charge in [0.25, 0.3) is 0 Å². The normalized spacial score (nSPS) is 11.0. The molecule has 0 bridgehead atoms. The van der Waals surface area contributed by atoms with E-state index in [0.29, 0.717) is 27.7 Å². The van der Waals surface area contributed by atoms with Crippen LogP contribution >= 0.6 is 0 Å². The standard InChI is InChI=1S/C16H11F2NO2/c17-10-3-1-9(2-4-10)16-13(8-15(20)21)12-7-11(18)5-6-14(12)19-16/h1-7,19H,8H2,(H,20,21). The summed E-state index contributed by atoms with van der Waals surface area (Å²) in [6, 6.07) is 9.87. The number of hydrogen-bond donors (Lipinski definition) is 2. The quantitative estimate of drug-likeness (QED) is 0.771. The Morgan fingerprint density at radius 3 is 2.38 bits per heavy atom. The van der Waals surface area contributed by atoms with E-state index in [0.717, 1.165) is 0 Å². The molecule has 5 heteroatoms. The maximum atomic E-state index is 13.4. The highest BCUT2D eigenvalue weighted by molar-refractivity contribution is 5.93. The van der Waals surface area contributed by atoms with Crippen LogP contribution in [-0.4, -0.2) is 16.1 Å². The Morgan fingerprint density at radius 2 is 1.71 bits per heavy atom. The Hall–Kier alpha value is -2.69. The molecule has 3 nitrogen and oxygen atoms in total. The lowest BCUT2D eigenvalue weighted by Crippen LogP contribution is -2.01. The molecule has 0 fully saturated rings. The number of carboxylic acid groups (broad SMARTS) is 1. The zero-order chi connectivity index (χ0) is 15.0. The number of aliphatic carboxylic acids is 1. The smallest absolute Gasteiger partial charge is 0.307 e. The zero-order valence-corrected chi connectivity index (χ0v) is 10.9. The van der Waals surface area contributed by atoms with Crippen molar-refractivity contribution in [1.29, 1.82) is 0 Å². The lowest BCUT2D eigenvalue weighted by atomic mass is 10.0. The number of benzene rings is 2. The predicted octanol–water partition coefficient (Wildman–Crippen LogP) is 3.74. The van der Waals surface area contributed by atoms with Crippen LogP contribution in [0.25, 0.3) is 22.2 Å². The largest absolute Gasteiger partial charge is 0.481 e. The van der Waals surface area contributed by atoms with Crippen LogP contribution in [0.1, 0.15) is 5.56 Å². The monoisotopic (exact) mass is 287 g/mol. The first-order chi connectivity index (χ1) is 10.0. The van der Waals surface area contributed by atoms with Gasteiger partial charge in [-0.25, -0.2) is 8.78 Å². The molecule has 0 radical (unpaired) electrons. The van der Waals surface area contributed by atoms with Crippen molar-refractivity contribution in [3.63, 3.8) is 0 Å². The van der Waals surface area contributed by atoms with Gasteiger partial charge < -0.3 is 10.1 Å². The van der Waals surface area contributed by atoms with Gasteiger partial charge in [0.15, 0.2) is 0 Å². The first-order valence-corrected chi connectivity index (χ1v) is 6.32. The molecule has 21 heavy (non-hydrogen) atoms. The Bertz CT molecular complexity index is 822. The molecule has 0 saturated heterocycles. The third-order valence-corrected chi connectivity index (χ3v) is 3.33.